The molecule has 1 fully saturated rings. The lowest BCUT2D eigenvalue weighted by Crippen LogP contribution is -2.49. The molecule has 0 bridgehead atoms. The molecule has 2 unspecified atom stereocenters. The summed E-state index contributed by atoms with van der Waals surface area (Å²) >= 11 is 0. The molecule has 6 heteroatoms. The third-order valence-corrected chi connectivity index (χ3v) is 3.70. The van der Waals surface area contributed by atoms with Crippen LogP contribution in [-0.4, -0.2) is 39.8 Å². The zero-order chi connectivity index (χ0) is 13.7. The van der Waals surface area contributed by atoms with Crippen LogP contribution in [0, 0.1) is 5.92 Å². The zero-order valence-electron chi connectivity index (χ0n) is 11.7. The van der Waals surface area contributed by atoms with E-state index in [4.69, 9.17) is 0 Å². The minimum Gasteiger partial charge on any atom is -0.354 e. The Morgan fingerprint density at radius 1 is 1.63 bits per heavy atom. The molecule has 0 radical (unpaired) electrons. The van der Waals surface area contributed by atoms with Crippen molar-refractivity contribution in [3.8, 4) is 0 Å². The standard InChI is InChI=1S/C13H23N5O/c1-3-10-4-6-14-11(8-10)13(19)15-7-5-12-16-9-18(2)17-12/h9-11,14H,3-8H2,1-2H3,(H,15,19). The molecule has 1 aliphatic rings. The molecule has 106 valence electrons. The molecule has 1 aromatic rings. The van der Waals surface area contributed by atoms with Gasteiger partial charge in [-0.2, -0.15) is 5.10 Å². The Labute approximate surface area is 114 Å². The Kier molecular flexibility index (Phi) is 4.90. The molecule has 1 aliphatic heterocycles. The van der Waals surface area contributed by atoms with E-state index in [2.05, 4.69) is 27.6 Å². The van der Waals surface area contributed by atoms with Crippen molar-refractivity contribution in [3.05, 3.63) is 12.2 Å². The van der Waals surface area contributed by atoms with Gasteiger partial charge in [-0.3, -0.25) is 9.48 Å². The Balaban J connectivity index is 1.72. The second kappa shape index (κ2) is 6.65. The second-order valence-corrected chi connectivity index (χ2v) is 5.18. The molecule has 2 atom stereocenters. The first-order chi connectivity index (χ1) is 9.19. The van der Waals surface area contributed by atoms with Gasteiger partial charge in [0.05, 0.1) is 6.04 Å². The van der Waals surface area contributed by atoms with Crippen molar-refractivity contribution >= 4 is 5.91 Å². The molecule has 19 heavy (non-hydrogen) atoms. The zero-order valence-corrected chi connectivity index (χ0v) is 11.7. The molecule has 2 N–H and O–H groups in total. The predicted octanol–water partition coefficient (Wildman–Crippen LogP) is 0.252. The normalized spacial score (nSPS) is 23.3. The number of hydrogen-bond acceptors (Lipinski definition) is 4. The van der Waals surface area contributed by atoms with Crippen LogP contribution in [0.2, 0.25) is 0 Å². The van der Waals surface area contributed by atoms with Gasteiger partial charge in [0.1, 0.15) is 6.33 Å². The molecular formula is C13H23N5O. The minimum atomic E-state index is -0.0320. The molecular weight excluding hydrogens is 242 g/mol. The number of aryl methyl sites for hydroxylation is 1. The van der Waals surface area contributed by atoms with E-state index in [9.17, 15) is 4.79 Å². The summed E-state index contributed by atoms with van der Waals surface area (Å²) in [4.78, 5) is 16.2. The number of amides is 1. The summed E-state index contributed by atoms with van der Waals surface area (Å²) in [5, 5.41) is 10.4. The van der Waals surface area contributed by atoms with Crippen molar-refractivity contribution in [1.82, 2.24) is 25.4 Å². The van der Waals surface area contributed by atoms with Crippen LogP contribution < -0.4 is 10.6 Å². The topological polar surface area (TPSA) is 71.8 Å². The summed E-state index contributed by atoms with van der Waals surface area (Å²) in [6.07, 6.45) is 5.63. The second-order valence-electron chi connectivity index (χ2n) is 5.18. The van der Waals surface area contributed by atoms with Crippen molar-refractivity contribution in [1.29, 1.82) is 0 Å². The summed E-state index contributed by atoms with van der Waals surface area (Å²) in [6, 6.07) is -0.0320. The summed E-state index contributed by atoms with van der Waals surface area (Å²) in [6.45, 7) is 3.73. The van der Waals surface area contributed by atoms with E-state index in [1.165, 1.54) is 6.42 Å². The van der Waals surface area contributed by atoms with E-state index < -0.39 is 0 Å². The lowest BCUT2D eigenvalue weighted by molar-refractivity contribution is -0.124. The van der Waals surface area contributed by atoms with Gasteiger partial charge >= 0.3 is 0 Å². The highest BCUT2D eigenvalue weighted by Crippen LogP contribution is 2.19. The highest BCUT2D eigenvalue weighted by Gasteiger charge is 2.25. The Morgan fingerprint density at radius 3 is 3.16 bits per heavy atom. The molecule has 1 amide bonds. The maximum Gasteiger partial charge on any atom is 0.237 e. The lowest BCUT2D eigenvalue weighted by atomic mass is 9.90. The van der Waals surface area contributed by atoms with Gasteiger partial charge in [-0.25, -0.2) is 4.98 Å². The summed E-state index contributed by atoms with van der Waals surface area (Å²) in [7, 11) is 1.84. The van der Waals surface area contributed by atoms with Crippen molar-refractivity contribution in [3.63, 3.8) is 0 Å². The van der Waals surface area contributed by atoms with Gasteiger partial charge in [0.15, 0.2) is 5.82 Å². The first-order valence-electron chi connectivity index (χ1n) is 7.04. The molecule has 2 heterocycles. The average Bonchev–Trinajstić information content (AvgIpc) is 2.84. The largest absolute Gasteiger partial charge is 0.354 e. The van der Waals surface area contributed by atoms with Gasteiger partial charge in [-0.1, -0.05) is 13.3 Å². The fourth-order valence-electron chi connectivity index (χ4n) is 2.49. The average molecular weight is 265 g/mol. The first-order valence-corrected chi connectivity index (χ1v) is 7.04. The SMILES string of the molecule is CCC1CCNC(C(=O)NCCc2ncn(C)n2)C1. The summed E-state index contributed by atoms with van der Waals surface area (Å²) in [5.41, 5.74) is 0. The highest BCUT2D eigenvalue weighted by atomic mass is 16.2. The molecule has 1 saturated heterocycles. The van der Waals surface area contributed by atoms with E-state index in [-0.39, 0.29) is 11.9 Å². The molecule has 0 spiro atoms. The molecule has 0 aromatic carbocycles. The van der Waals surface area contributed by atoms with Crippen molar-refractivity contribution < 1.29 is 4.79 Å². The van der Waals surface area contributed by atoms with Crippen LogP contribution in [0.15, 0.2) is 6.33 Å². The number of carbonyl (C=O) groups is 1. The fourth-order valence-corrected chi connectivity index (χ4v) is 2.49. The van der Waals surface area contributed by atoms with E-state index in [1.807, 2.05) is 7.05 Å². The van der Waals surface area contributed by atoms with E-state index in [0.29, 0.717) is 18.9 Å². The summed E-state index contributed by atoms with van der Waals surface area (Å²) < 4.78 is 1.67. The monoisotopic (exact) mass is 265 g/mol. The predicted molar refractivity (Wildman–Crippen MR) is 72.5 cm³/mol. The third-order valence-electron chi connectivity index (χ3n) is 3.70. The number of rotatable bonds is 5. The van der Waals surface area contributed by atoms with E-state index in [1.54, 1.807) is 11.0 Å². The quantitative estimate of drug-likeness (QED) is 0.800. The van der Waals surface area contributed by atoms with Crippen LogP contribution in [0.4, 0.5) is 0 Å². The lowest BCUT2D eigenvalue weighted by Gasteiger charge is -2.28. The van der Waals surface area contributed by atoms with Crippen LogP contribution >= 0.6 is 0 Å². The smallest absolute Gasteiger partial charge is 0.237 e. The molecule has 1 aromatic heterocycles. The number of nitrogens with zero attached hydrogens (tertiary/aromatic N) is 3. The van der Waals surface area contributed by atoms with Gasteiger partial charge in [0, 0.05) is 20.0 Å². The number of piperidine rings is 1. The highest BCUT2D eigenvalue weighted by molar-refractivity contribution is 5.81. The minimum absolute atomic E-state index is 0.0320. The van der Waals surface area contributed by atoms with E-state index in [0.717, 1.165) is 25.2 Å². The van der Waals surface area contributed by atoms with Crippen LogP contribution in [0.25, 0.3) is 0 Å². The fraction of sp³-hybridized carbons (Fsp3) is 0.769. The van der Waals surface area contributed by atoms with Gasteiger partial charge in [-0.05, 0) is 25.3 Å². The van der Waals surface area contributed by atoms with Crippen molar-refractivity contribution in [2.45, 2.75) is 38.6 Å². The number of hydrogen-bond donors (Lipinski definition) is 2. The maximum absolute atomic E-state index is 12.0. The van der Waals surface area contributed by atoms with Crippen LogP contribution in [0.5, 0.6) is 0 Å². The van der Waals surface area contributed by atoms with Crippen LogP contribution in [0.1, 0.15) is 32.0 Å². The van der Waals surface area contributed by atoms with Crippen LogP contribution in [-0.2, 0) is 18.3 Å². The Bertz CT molecular complexity index is 417. The Morgan fingerprint density at radius 2 is 2.47 bits per heavy atom. The van der Waals surface area contributed by atoms with E-state index >= 15 is 0 Å². The first kappa shape index (κ1) is 14.0. The van der Waals surface area contributed by atoms with Crippen molar-refractivity contribution in [2.24, 2.45) is 13.0 Å². The maximum atomic E-state index is 12.0. The number of aromatic nitrogens is 3. The number of carbonyl (C=O) groups excluding carboxylic acids is 1. The number of nitrogens with one attached hydrogen (secondary N) is 2. The van der Waals surface area contributed by atoms with Crippen LogP contribution in [0.3, 0.4) is 0 Å². The van der Waals surface area contributed by atoms with Gasteiger partial charge in [-0.15, -0.1) is 0 Å². The molecule has 2 rings (SSSR count). The summed E-state index contributed by atoms with van der Waals surface area (Å²) in [5.74, 6) is 1.55. The molecule has 6 nitrogen and oxygen atoms in total. The van der Waals surface area contributed by atoms with Gasteiger partial charge < -0.3 is 10.6 Å². The van der Waals surface area contributed by atoms with Gasteiger partial charge in [0.2, 0.25) is 5.91 Å². The van der Waals surface area contributed by atoms with Gasteiger partial charge in [0.25, 0.3) is 0 Å². The Hall–Kier alpha value is -1.43. The molecule has 0 saturated carbocycles. The molecule has 0 aliphatic carbocycles. The van der Waals surface area contributed by atoms with Crippen molar-refractivity contribution in [2.75, 3.05) is 13.1 Å². The third kappa shape index (κ3) is 4.02.